The van der Waals surface area contributed by atoms with Crippen molar-refractivity contribution >= 4 is 0 Å². The van der Waals surface area contributed by atoms with Crippen LogP contribution in [-0.4, -0.2) is 34.1 Å². The van der Waals surface area contributed by atoms with E-state index in [4.69, 9.17) is 0 Å². The first-order chi connectivity index (χ1) is 9.33. The fourth-order valence-electron chi connectivity index (χ4n) is 3.45. The average molecular weight is 263 g/mol. The highest BCUT2D eigenvalue weighted by Crippen LogP contribution is 2.29. The van der Waals surface area contributed by atoms with Crippen molar-refractivity contribution in [3.8, 4) is 0 Å². The number of piperidine rings is 1. The molecule has 0 bridgehead atoms. The Morgan fingerprint density at radius 3 is 2.89 bits per heavy atom. The predicted molar refractivity (Wildman–Crippen MR) is 75.0 cm³/mol. The summed E-state index contributed by atoms with van der Waals surface area (Å²) in [5.41, 5.74) is 1.05. The molecule has 106 valence electrons. The highest BCUT2D eigenvalue weighted by Gasteiger charge is 2.23. The Morgan fingerprint density at radius 1 is 1.32 bits per heavy atom. The Bertz CT molecular complexity index is 392. The van der Waals surface area contributed by atoms with E-state index in [9.17, 15) is 5.11 Å². The van der Waals surface area contributed by atoms with E-state index in [0.29, 0.717) is 18.4 Å². The fourth-order valence-corrected chi connectivity index (χ4v) is 3.45. The first-order valence-corrected chi connectivity index (χ1v) is 7.76. The van der Waals surface area contributed by atoms with Gasteiger partial charge in [-0.2, -0.15) is 5.10 Å². The van der Waals surface area contributed by atoms with Crippen LogP contribution in [0.2, 0.25) is 0 Å². The van der Waals surface area contributed by atoms with Crippen molar-refractivity contribution in [1.82, 2.24) is 15.1 Å². The number of aromatic nitrogens is 2. The highest BCUT2D eigenvalue weighted by molar-refractivity contribution is 5.02. The van der Waals surface area contributed by atoms with E-state index in [-0.39, 0.29) is 6.10 Å². The van der Waals surface area contributed by atoms with Crippen LogP contribution in [0.25, 0.3) is 0 Å². The Hall–Kier alpha value is -0.870. The first kappa shape index (κ1) is 13.1. The second kappa shape index (κ2) is 6.06. The van der Waals surface area contributed by atoms with Gasteiger partial charge in [-0.05, 0) is 44.2 Å². The third-order valence-corrected chi connectivity index (χ3v) is 4.66. The zero-order chi connectivity index (χ0) is 13.1. The lowest BCUT2D eigenvalue weighted by atomic mass is 9.91. The Balaban J connectivity index is 1.56. The summed E-state index contributed by atoms with van der Waals surface area (Å²) in [6.07, 6.45) is 10.0. The Kier molecular flexibility index (Phi) is 4.18. The second-order valence-electron chi connectivity index (χ2n) is 6.10. The summed E-state index contributed by atoms with van der Waals surface area (Å²) in [7, 11) is 0. The molecule has 2 aliphatic rings. The molecule has 3 rings (SSSR count). The van der Waals surface area contributed by atoms with E-state index < -0.39 is 0 Å². The van der Waals surface area contributed by atoms with E-state index in [1.807, 2.05) is 0 Å². The molecule has 1 aliphatic heterocycles. The van der Waals surface area contributed by atoms with Gasteiger partial charge in [0.2, 0.25) is 0 Å². The zero-order valence-corrected chi connectivity index (χ0v) is 11.6. The van der Waals surface area contributed by atoms with Crippen LogP contribution in [0, 0.1) is 5.92 Å². The van der Waals surface area contributed by atoms with Crippen LogP contribution in [0.4, 0.5) is 0 Å². The number of nitrogens with zero attached hydrogens (tertiary/aromatic N) is 2. The van der Waals surface area contributed by atoms with E-state index in [1.54, 1.807) is 0 Å². The molecule has 4 nitrogen and oxygen atoms in total. The quantitative estimate of drug-likeness (QED) is 0.872. The van der Waals surface area contributed by atoms with E-state index in [1.165, 1.54) is 32.1 Å². The molecule has 0 spiro atoms. The summed E-state index contributed by atoms with van der Waals surface area (Å²) in [6, 6.07) is 2.68. The lowest BCUT2D eigenvalue weighted by Crippen LogP contribution is -2.37. The van der Waals surface area contributed by atoms with Gasteiger partial charge in [0, 0.05) is 19.2 Å². The van der Waals surface area contributed by atoms with Crippen LogP contribution in [0.3, 0.4) is 0 Å². The van der Waals surface area contributed by atoms with Crippen molar-refractivity contribution in [2.24, 2.45) is 5.92 Å². The minimum atomic E-state index is -0.250. The van der Waals surface area contributed by atoms with Crippen LogP contribution in [-0.2, 0) is 6.42 Å². The summed E-state index contributed by atoms with van der Waals surface area (Å²) in [4.78, 5) is 0. The minimum Gasteiger partial charge on any atom is -0.392 e. The number of hydrogen-bond acceptors (Lipinski definition) is 3. The molecule has 1 aromatic rings. The van der Waals surface area contributed by atoms with Gasteiger partial charge in [0.15, 0.2) is 0 Å². The van der Waals surface area contributed by atoms with Gasteiger partial charge in [-0.1, -0.05) is 12.8 Å². The van der Waals surface area contributed by atoms with Crippen molar-refractivity contribution in [3.63, 3.8) is 0 Å². The van der Waals surface area contributed by atoms with Crippen molar-refractivity contribution in [3.05, 3.63) is 18.0 Å². The molecule has 19 heavy (non-hydrogen) atoms. The maximum atomic E-state index is 10.3. The predicted octanol–water partition coefficient (Wildman–Crippen LogP) is 1.90. The number of rotatable bonds is 4. The van der Waals surface area contributed by atoms with Crippen LogP contribution in [0.15, 0.2) is 12.3 Å². The molecule has 2 heterocycles. The molecule has 2 fully saturated rings. The van der Waals surface area contributed by atoms with Gasteiger partial charge in [-0.3, -0.25) is 4.68 Å². The normalized spacial score (nSPS) is 26.7. The van der Waals surface area contributed by atoms with Gasteiger partial charge in [0.05, 0.1) is 17.8 Å². The van der Waals surface area contributed by atoms with Gasteiger partial charge < -0.3 is 10.4 Å². The molecule has 1 saturated heterocycles. The molecule has 1 aromatic heterocycles. The molecule has 0 amide bonds. The smallest absolute Gasteiger partial charge is 0.0650 e. The van der Waals surface area contributed by atoms with E-state index in [2.05, 4.69) is 27.4 Å². The van der Waals surface area contributed by atoms with Crippen LogP contribution in [0.1, 0.15) is 50.3 Å². The van der Waals surface area contributed by atoms with Crippen molar-refractivity contribution < 1.29 is 5.11 Å². The highest BCUT2D eigenvalue weighted by atomic mass is 16.3. The van der Waals surface area contributed by atoms with E-state index >= 15 is 0 Å². The molecule has 2 N–H and O–H groups in total. The van der Waals surface area contributed by atoms with Crippen molar-refractivity contribution in [1.29, 1.82) is 0 Å². The van der Waals surface area contributed by atoms with Gasteiger partial charge in [0.1, 0.15) is 0 Å². The first-order valence-electron chi connectivity index (χ1n) is 7.76. The van der Waals surface area contributed by atoms with Gasteiger partial charge in [0.25, 0.3) is 0 Å². The number of hydrogen-bond donors (Lipinski definition) is 2. The summed E-state index contributed by atoms with van der Waals surface area (Å²) in [5, 5.41) is 18.3. The number of aliphatic hydroxyl groups excluding tert-OH is 1. The van der Waals surface area contributed by atoms with Crippen LogP contribution in [0.5, 0.6) is 0 Å². The molecule has 4 heteroatoms. The van der Waals surface area contributed by atoms with Gasteiger partial charge in [-0.25, -0.2) is 0 Å². The van der Waals surface area contributed by atoms with Gasteiger partial charge >= 0.3 is 0 Å². The molecule has 1 aliphatic carbocycles. The van der Waals surface area contributed by atoms with Crippen molar-refractivity contribution in [2.75, 3.05) is 13.1 Å². The molecule has 0 radical (unpaired) electrons. The largest absolute Gasteiger partial charge is 0.392 e. The molecule has 2 unspecified atom stereocenters. The lowest BCUT2D eigenvalue weighted by Gasteiger charge is -2.26. The Morgan fingerprint density at radius 2 is 2.16 bits per heavy atom. The van der Waals surface area contributed by atoms with Crippen molar-refractivity contribution in [2.45, 2.75) is 57.1 Å². The SMILES string of the molecule is OC(Cc1ccn(C2CCCC2)n1)C1CCCNC1. The van der Waals surface area contributed by atoms with Crippen LogP contribution < -0.4 is 5.32 Å². The van der Waals surface area contributed by atoms with Gasteiger partial charge in [-0.15, -0.1) is 0 Å². The maximum Gasteiger partial charge on any atom is 0.0650 e. The third kappa shape index (κ3) is 3.18. The second-order valence-corrected chi connectivity index (χ2v) is 6.10. The fraction of sp³-hybridized carbons (Fsp3) is 0.800. The average Bonchev–Trinajstić information content (AvgIpc) is 3.10. The zero-order valence-electron chi connectivity index (χ0n) is 11.6. The maximum absolute atomic E-state index is 10.3. The number of aliphatic hydroxyl groups is 1. The minimum absolute atomic E-state index is 0.250. The number of nitrogens with one attached hydrogen (secondary N) is 1. The summed E-state index contributed by atoms with van der Waals surface area (Å²) >= 11 is 0. The summed E-state index contributed by atoms with van der Waals surface area (Å²) in [5.74, 6) is 0.394. The Labute approximate surface area is 115 Å². The topological polar surface area (TPSA) is 50.1 Å². The lowest BCUT2D eigenvalue weighted by molar-refractivity contribution is 0.0911. The van der Waals surface area contributed by atoms with Crippen LogP contribution >= 0.6 is 0 Å². The molecule has 2 atom stereocenters. The third-order valence-electron chi connectivity index (χ3n) is 4.66. The standard InChI is InChI=1S/C15H25N3O/c19-15(12-4-3-8-16-11-12)10-13-7-9-18(17-13)14-5-1-2-6-14/h7,9,12,14-16,19H,1-6,8,10-11H2. The molecular formula is C15H25N3O. The molecular weight excluding hydrogens is 238 g/mol. The summed E-state index contributed by atoms with van der Waals surface area (Å²) < 4.78 is 2.12. The summed E-state index contributed by atoms with van der Waals surface area (Å²) in [6.45, 7) is 2.05. The molecule has 0 aromatic carbocycles. The molecule has 1 saturated carbocycles. The van der Waals surface area contributed by atoms with E-state index in [0.717, 1.165) is 25.2 Å². The monoisotopic (exact) mass is 263 g/mol.